The van der Waals surface area contributed by atoms with Gasteiger partial charge in [0.05, 0.1) is 29.2 Å². The molecule has 2 saturated heterocycles. The summed E-state index contributed by atoms with van der Waals surface area (Å²) in [5, 5.41) is 10.6. The maximum Gasteiger partial charge on any atom is 0.247 e. The van der Waals surface area contributed by atoms with Gasteiger partial charge in [-0.05, 0) is 30.4 Å². The van der Waals surface area contributed by atoms with Crippen molar-refractivity contribution in [3.8, 4) is 0 Å². The lowest BCUT2D eigenvalue weighted by Crippen LogP contribution is -2.58. The van der Waals surface area contributed by atoms with Gasteiger partial charge in [-0.1, -0.05) is 104 Å². The van der Waals surface area contributed by atoms with E-state index in [1.54, 1.807) is 16.7 Å². The Hall–Kier alpha value is -3.36. The smallest absolute Gasteiger partial charge is 0.247 e. The van der Waals surface area contributed by atoms with Gasteiger partial charge in [0.25, 0.3) is 0 Å². The number of carbonyl (C=O) groups is 3. The SMILES string of the molecule is O=C1[C@@H]2[C@H]3C(=O)N([C@@H](CO)Cc4ccccc4)C4C(=O)N(C5CCCCC5)CC=C[C@@]43S[C@@H]2C=CCN1Cc1ccccc1. The molecule has 1 N–H and O–H groups in total. The minimum atomic E-state index is -0.882. The summed E-state index contributed by atoms with van der Waals surface area (Å²) in [5.41, 5.74) is 2.04. The Balaban J connectivity index is 1.29. The Morgan fingerprint density at radius 3 is 2.25 bits per heavy atom. The van der Waals surface area contributed by atoms with Gasteiger partial charge in [-0.15, -0.1) is 11.8 Å². The first-order chi connectivity index (χ1) is 21.5. The van der Waals surface area contributed by atoms with E-state index < -0.39 is 28.7 Å². The third-order valence-corrected chi connectivity index (χ3v) is 12.1. The molecule has 6 atom stereocenters. The number of aliphatic hydroxyl groups is 1. The summed E-state index contributed by atoms with van der Waals surface area (Å²) in [6.45, 7) is 1.21. The van der Waals surface area contributed by atoms with Gasteiger partial charge in [0.15, 0.2) is 0 Å². The molecule has 2 aromatic carbocycles. The van der Waals surface area contributed by atoms with Crippen LogP contribution in [-0.2, 0) is 27.3 Å². The summed E-state index contributed by atoms with van der Waals surface area (Å²) in [6, 6.07) is 18.6. The number of thioether (sulfide) groups is 1. The van der Waals surface area contributed by atoms with Gasteiger partial charge in [-0.2, -0.15) is 0 Å². The molecule has 1 spiro atoms. The predicted octanol–water partition coefficient (Wildman–Crippen LogP) is 4.22. The van der Waals surface area contributed by atoms with Crippen molar-refractivity contribution >= 4 is 29.5 Å². The Bertz CT molecular complexity index is 1440. The number of amides is 3. The van der Waals surface area contributed by atoms with Gasteiger partial charge >= 0.3 is 0 Å². The first-order valence-corrected chi connectivity index (χ1v) is 17.0. The third kappa shape index (κ3) is 5.00. The van der Waals surface area contributed by atoms with Crippen LogP contribution in [0.2, 0.25) is 0 Å². The Morgan fingerprint density at radius 1 is 0.841 bits per heavy atom. The zero-order valence-electron chi connectivity index (χ0n) is 25.0. The molecule has 4 heterocycles. The Kier molecular flexibility index (Phi) is 8.14. The van der Waals surface area contributed by atoms with E-state index in [9.17, 15) is 19.5 Å². The van der Waals surface area contributed by atoms with Gasteiger partial charge in [-0.3, -0.25) is 14.4 Å². The van der Waals surface area contributed by atoms with Crippen molar-refractivity contribution in [3.05, 3.63) is 96.1 Å². The maximum absolute atomic E-state index is 14.9. The summed E-state index contributed by atoms with van der Waals surface area (Å²) in [5.74, 6) is -1.53. The molecule has 7 rings (SSSR count). The lowest BCUT2D eigenvalue weighted by atomic mass is 9.78. The summed E-state index contributed by atoms with van der Waals surface area (Å²) in [7, 11) is 0. The molecule has 1 aliphatic carbocycles. The van der Waals surface area contributed by atoms with Gasteiger partial charge < -0.3 is 19.8 Å². The molecule has 44 heavy (non-hydrogen) atoms. The molecule has 4 aliphatic heterocycles. The second-order valence-corrected chi connectivity index (χ2v) is 14.4. The summed E-state index contributed by atoms with van der Waals surface area (Å²) >= 11 is 1.62. The van der Waals surface area contributed by atoms with Gasteiger partial charge in [-0.25, -0.2) is 0 Å². The van der Waals surface area contributed by atoms with Crippen molar-refractivity contribution in [2.24, 2.45) is 11.8 Å². The largest absolute Gasteiger partial charge is 0.394 e. The average Bonchev–Trinajstić information content (AvgIpc) is 3.38. The standard InChI is InChI=1S/C36H41N3O4S/c40-24-28(22-25-12-4-1-5-13-25)39-32-35(43)38(27-16-8-3-9-17-27)21-11-19-36(32)31(34(39)42)30-29(44-36)18-10-20-37(33(30)41)23-26-14-6-2-7-15-26/h1-2,4-7,10-15,18-19,27-32,40H,3,8-9,16-17,20-24H2/t28-,29-,30+,31+,32?,36+/m1/s1. The van der Waals surface area contributed by atoms with Gasteiger partial charge in [0.1, 0.15) is 6.04 Å². The zero-order chi connectivity index (χ0) is 30.3. The monoisotopic (exact) mass is 611 g/mol. The van der Waals surface area contributed by atoms with Crippen LogP contribution in [0, 0.1) is 11.8 Å². The van der Waals surface area contributed by atoms with E-state index in [2.05, 4.69) is 24.3 Å². The maximum atomic E-state index is 14.9. The number of hydrogen-bond donors (Lipinski definition) is 1. The quantitative estimate of drug-likeness (QED) is 0.475. The molecule has 230 valence electrons. The second-order valence-electron chi connectivity index (χ2n) is 12.9. The molecule has 1 saturated carbocycles. The lowest BCUT2D eigenvalue weighted by molar-refractivity contribution is -0.148. The van der Waals surface area contributed by atoms with E-state index >= 15 is 0 Å². The van der Waals surface area contributed by atoms with Gasteiger partial charge in [0.2, 0.25) is 17.7 Å². The second kappa shape index (κ2) is 12.2. The molecule has 3 fully saturated rings. The van der Waals surface area contributed by atoms with E-state index in [0.29, 0.717) is 26.1 Å². The molecule has 2 aromatic rings. The van der Waals surface area contributed by atoms with Crippen LogP contribution in [-0.4, -0.2) is 85.3 Å². The van der Waals surface area contributed by atoms with Crippen LogP contribution in [0.3, 0.4) is 0 Å². The highest BCUT2D eigenvalue weighted by molar-refractivity contribution is 8.02. The fourth-order valence-corrected chi connectivity index (χ4v) is 10.3. The number of nitrogens with zero attached hydrogens (tertiary/aromatic N) is 3. The molecule has 1 unspecified atom stereocenters. The number of rotatable bonds is 7. The van der Waals surface area contributed by atoms with Crippen LogP contribution in [0.15, 0.2) is 85.0 Å². The molecule has 5 aliphatic rings. The summed E-state index contributed by atoms with van der Waals surface area (Å²) in [6.07, 6.45) is 14.1. The Labute approximate surface area is 264 Å². The fraction of sp³-hybridized carbons (Fsp3) is 0.472. The summed E-state index contributed by atoms with van der Waals surface area (Å²) in [4.78, 5) is 49.7. The van der Waals surface area contributed by atoms with Crippen molar-refractivity contribution in [1.29, 1.82) is 0 Å². The van der Waals surface area contributed by atoms with Crippen LogP contribution in [0.4, 0.5) is 0 Å². The zero-order valence-corrected chi connectivity index (χ0v) is 25.9. The molecule has 0 radical (unpaired) electrons. The highest BCUT2D eigenvalue weighted by atomic mass is 32.2. The number of carbonyl (C=O) groups excluding carboxylic acids is 3. The molecule has 0 aromatic heterocycles. The van der Waals surface area contributed by atoms with Gasteiger partial charge in [0, 0.05) is 30.9 Å². The van der Waals surface area contributed by atoms with E-state index in [1.807, 2.05) is 70.5 Å². The number of hydrogen-bond acceptors (Lipinski definition) is 5. The minimum Gasteiger partial charge on any atom is -0.394 e. The molecule has 8 heteroatoms. The van der Waals surface area contributed by atoms with E-state index in [4.69, 9.17) is 0 Å². The van der Waals surface area contributed by atoms with E-state index in [0.717, 1.165) is 36.8 Å². The molecular formula is C36H41N3O4S. The highest BCUT2D eigenvalue weighted by Crippen LogP contribution is 2.61. The lowest BCUT2D eigenvalue weighted by Gasteiger charge is -2.41. The highest BCUT2D eigenvalue weighted by Gasteiger charge is 2.71. The number of fused-ring (bicyclic) bond motifs is 2. The molecule has 3 amide bonds. The average molecular weight is 612 g/mol. The normalized spacial score (nSPS) is 31.0. The van der Waals surface area contributed by atoms with Crippen molar-refractivity contribution in [3.63, 3.8) is 0 Å². The Morgan fingerprint density at radius 2 is 1.55 bits per heavy atom. The first-order valence-electron chi connectivity index (χ1n) is 16.1. The minimum absolute atomic E-state index is 0.0363. The van der Waals surface area contributed by atoms with Crippen LogP contribution in [0.5, 0.6) is 0 Å². The topological polar surface area (TPSA) is 81.2 Å². The van der Waals surface area contributed by atoms with E-state index in [1.165, 1.54) is 6.42 Å². The van der Waals surface area contributed by atoms with Crippen molar-refractivity contribution in [2.45, 2.75) is 73.2 Å². The van der Waals surface area contributed by atoms with Crippen LogP contribution in [0.25, 0.3) is 0 Å². The molecule has 0 bridgehead atoms. The van der Waals surface area contributed by atoms with Crippen LogP contribution >= 0.6 is 11.8 Å². The first kappa shape index (κ1) is 29.4. The molecular weight excluding hydrogens is 570 g/mol. The number of benzene rings is 2. The summed E-state index contributed by atoms with van der Waals surface area (Å²) < 4.78 is -0.882. The fourth-order valence-electron chi connectivity index (χ4n) is 8.34. The predicted molar refractivity (Wildman–Crippen MR) is 171 cm³/mol. The number of aliphatic hydroxyl groups excluding tert-OH is 1. The van der Waals surface area contributed by atoms with Crippen molar-refractivity contribution in [2.75, 3.05) is 19.7 Å². The number of likely N-dealkylation sites (tertiary alicyclic amines) is 1. The van der Waals surface area contributed by atoms with Crippen molar-refractivity contribution in [1.82, 2.24) is 14.7 Å². The third-order valence-electron chi connectivity index (χ3n) is 10.4. The van der Waals surface area contributed by atoms with Crippen molar-refractivity contribution < 1.29 is 19.5 Å². The van der Waals surface area contributed by atoms with Crippen LogP contribution < -0.4 is 0 Å². The van der Waals surface area contributed by atoms with E-state index in [-0.39, 0.29) is 35.6 Å². The molecule has 7 nitrogen and oxygen atoms in total. The van der Waals surface area contributed by atoms with Crippen LogP contribution in [0.1, 0.15) is 43.2 Å².